The first-order valence-corrected chi connectivity index (χ1v) is 8.81. The summed E-state index contributed by atoms with van der Waals surface area (Å²) < 4.78 is 0. The summed E-state index contributed by atoms with van der Waals surface area (Å²) in [5.41, 5.74) is 9.47. The van der Waals surface area contributed by atoms with E-state index in [4.69, 9.17) is 5.73 Å². The van der Waals surface area contributed by atoms with Crippen molar-refractivity contribution in [1.82, 2.24) is 10.2 Å². The number of aryl methyl sites for hydroxylation is 2. The van der Waals surface area contributed by atoms with E-state index in [0.717, 1.165) is 35.4 Å². The first kappa shape index (κ1) is 16.1. The maximum absolute atomic E-state index is 12.1. The van der Waals surface area contributed by atoms with E-state index in [2.05, 4.69) is 41.5 Å². The Bertz CT molecular complexity index is 712. The standard InChI is InChI=1S/C17H22N4OS/c1-10-6-7-13(11(2)8-10)16-20-21-17(23-16)19-15(22)9-12-4-3-5-14(12)18/h6-8,12,14H,3-5,9,18H2,1-2H3,(H,19,21,22)/t12-,14+/m0/s1. The van der Waals surface area contributed by atoms with E-state index in [1.54, 1.807) is 0 Å². The van der Waals surface area contributed by atoms with Crippen LogP contribution < -0.4 is 11.1 Å². The van der Waals surface area contributed by atoms with Gasteiger partial charge < -0.3 is 11.1 Å². The van der Waals surface area contributed by atoms with Crippen LogP contribution in [0.15, 0.2) is 18.2 Å². The second-order valence-corrected chi connectivity index (χ2v) is 7.32. The number of carbonyl (C=O) groups excluding carboxylic acids is 1. The average molecular weight is 330 g/mol. The number of aromatic nitrogens is 2. The summed E-state index contributed by atoms with van der Waals surface area (Å²) in [6.45, 7) is 4.12. The van der Waals surface area contributed by atoms with Crippen molar-refractivity contribution < 1.29 is 4.79 Å². The van der Waals surface area contributed by atoms with Crippen molar-refractivity contribution >= 4 is 22.4 Å². The Morgan fingerprint density at radius 2 is 2.17 bits per heavy atom. The van der Waals surface area contributed by atoms with Crippen LogP contribution in [-0.4, -0.2) is 22.1 Å². The molecule has 1 saturated carbocycles. The molecule has 122 valence electrons. The number of nitrogens with two attached hydrogens (primary N) is 1. The number of rotatable bonds is 4. The van der Waals surface area contributed by atoms with Crippen LogP contribution in [0.2, 0.25) is 0 Å². The fourth-order valence-electron chi connectivity index (χ4n) is 3.16. The number of anilines is 1. The summed E-state index contributed by atoms with van der Waals surface area (Å²) >= 11 is 1.41. The lowest BCUT2D eigenvalue weighted by molar-refractivity contribution is -0.117. The second kappa shape index (κ2) is 6.76. The van der Waals surface area contributed by atoms with Gasteiger partial charge in [-0.25, -0.2) is 0 Å². The van der Waals surface area contributed by atoms with Crippen LogP contribution in [0, 0.1) is 19.8 Å². The zero-order chi connectivity index (χ0) is 16.4. The third-order valence-corrected chi connectivity index (χ3v) is 5.32. The van der Waals surface area contributed by atoms with E-state index in [1.807, 2.05) is 6.07 Å². The minimum absolute atomic E-state index is 0.0179. The molecule has 0 aliphatic heterocycles. The first-order valence-electron chi connectivity index (χ1n) is 7.99. The van der Waals surface area contributed by atoms with Gasteiger partial charge in [0.05, 0.1) is 0 Å². The molecule has 1 aromatic heterocycles. The van der Waals surface area contributed by atoms with Crippen molar-refractivity contribution in [2.75, 3.05) is 5.32 Å². The predicted molar refractivity (Wildman–Crippen MR) is 93.4 cm³/mol. The highest BCUT2D eigenvalue weighted by Crippen LogP contribution is 2.30. The number of carbonyl (C=O) groups is 1. The third-order valence-electron chi connectivity index (χ3n) is 4.45. The first-order chi connectivity index (χ1) is 11.0. The normalized spacial score (nSPS) is 20.7. The van der Waals surface area contributed by atoms with E-state index >= 15 is 0 Å². The summed E-state index contributed by atoms with van der Waals surface area (Å²) in [7, 11) is 0. The van der Waals surface area contributed by atoms with E-state index in [1.165, 1.54) is 16.9 Å². The Kier molecular flexibility index (Phi) is 4.73. The molecule has 1 heterocycles. The number of hydrogen-bond acceptors (Lipinski definition) is 5. The van der Waals surface area contributed by atoms with Crippen LogP contribution in [-0.2, 0) is 4.79 Å². The highest BCUT2D eigenvalue weighted by Gasteiger charge is 2.26. The van der Waals surface area contributed by atoms with Gasteiger partial charge in [-0.15, -0.1) is 10.2 Å². The lowest BCUT2D eigenvalue weighted by Gasteiger charge is -2.13. The molecule has 1 aromatic carbocycles. The van der Waals surface area contributed by atoms with Crippen molar-refractivity contribution in [2.45, 2.75) is 45.6 Å². The van der Waals surface area contributed by atoms with Gasteiger partial charge in [0.1, 0.15) is 5.01 Å². The molecule has 2 aromatic rings. The molecular weight excluding hydrogens is 308 g/mol. The summed E-state index contributed by atoms with van der Waals surface area (Å²) in [6, 6.07) is 6.38. The van der Waals surface area contributed by atoms with Crippen LogP contribution in [0.25, 0.3) is 10.6 Å². The van der Waals surface area contributed by atoms with Gasteiger partial charge in [-0.05, 0) is 38.2 Å². The summed E-state index contributed by atoms with van der Waals surface area (Å²) in [4.78, 5) is 12.1. The van der Waals surface area contributed by atoms with Gasteiger partial charge in [0.25, 0.3) is 0 Å². The Morgan fingerprint density at radius 3 is 2.87 bits per heavy atom. The molecule has 3 N–H and O–H groups in total. The fourth-order valence-corrected chi connectivity index (χ4v) is 4.01. The largest absolute Gasteiger partial charge is 0.327 e. The van der Waals surface area contributed by atoms with Crippen molar-refractivity contribution in [2.24, 2.45) is 11.7 Å². The molecule has 0 spiro atoms. The average Bonchev–Trinajstić information content (AvgIpc) is 3.09. The molecule has 0 saturated heterocycles. The lowest BCUT2D eigenvalue weighted by Crippen LogP contribution is -2.28. The fraction of sp³-hybridized carbons (Fsp3) is 0.471. The van der Waals surface area contributed by atoms with Crippen LogP contribution in [0.1, 0.15) is 36.8 Å². The monoisotopic (exact) mass is 330 g/mol. The van der Waals surface area contributed by atoms with Crippen LogP contribution >= 0.6 is 11.3 Å². The second-order valence-electron chi connectivity index (χ2n) is 6.34. The van der Waals surface area contributed by atoms with Gasteiger partial charge in [-0.3, -0.25) is 4.79 Å². The maximum atomic E-state index is 12.1. The topological polar surface area (TPSA) is 80.9 Å². The van der Waals surface area contributed by atoms with E-state index in [-0.39, 0.29) is 11.9 Å². The van der Waals surface area contributed by atoms with Crippen molar-refractivity contribution in [3.05, 3.63) is 29.3 Å². The highest BCUT2D eigenvalue weighted by molar-refractivity contribution is 7.18. The number of benzene rings is 1. The van der Waals surface area contributed by atoms with Crippen LogP contribution in [0.4, 0.5) is 5.13 Å². The highest BCUT2D eigenvalue weighted by atomic mass is 32.1. The smallest absolute Gasteiger partial charge is 0.226 e. The summed E-state index contributed by atoms with van der Waals surface area (Å²) in [6.07, 6.45) is 3.65. The molecule has 6 heteroatoms. The lowest BCUT2D eigenvalue weighted by atomic mass is 10.00. The van der Waals surface area contributed by atoms with Gasteiger partial charge >= 0.3 is 0 Å². The van der Waals surface area contributed by atoms with Gasteiger partial charge in [0, 0.05) is 18.0 Å². The molecule has 0 bridgehead atoms. The number of amides is 1. The van der Waals surface area contributed by atoms with Gasteiger partial charge in [-0.2, -0.15) is 0 Å². The SMILES string of the molecule is Cc1ccc(-c2nnc(NC(=O)C[C@@H]3CCC[C@H]3N)s2)c(C)c1. The van der Waals surface area contributed by atoms with Crippen LogP contribution in [0.3, 0.4) is 0 Å². The number of hydrogen-bond donors (Lipinski definition) is 2. The molecule has 1 aliphatic carbocycles. The Morgan fingerprint density at radius 1 is 1.35 bits per heavy atom. The van der Waals surface area contributed by atoms with E-state index in [0.29, 0.717) is 17.5 Å². The summed E-state index contributed by atoms with van der Waals surface area (Å²) in [5, 5.41) is 12.5. The van der Waals surface area contributed by atoms with Crippen molar-refractivity contribution in [3.8, 4) is 10.6 Å². The molecule has 1 aliphatic rings. The Balaban J connectivity index is 1.66. The number of nitrogens with zero attached hydrogens (tertiary/aromatic N) is 2. The van der Waals surface area contributed by atoms with Gasteiger partial charge in [-0.1, -0.05) is 41.5 Å². The molecular formula is C17H22N4OS. The molecule has 1 fully saturated rings. The number of nitrogens with one attached hydrogen (secondary N) is 1. The minimum atomic E-state index is -0.0179. The van der Waals surface area contributed by atoms with E-state index in [9.17, 15) is 4.79 Å². The molecule has 5 nitrogen and oxygen atoms in total. The third kappa shape index (κ3) is 3.76. The summed E-state index contributed by atoms with van der Waals surface area (Å²) in [5.74, 6) is 0.275. The Hall–Kier alpha value is -1.79. The molecule has 0 unspecified atom stereocenters. The van der Waals surface area contributed by atoms with Gasteiger partial charge in [0.15, 0.2) is 0 Å². The molecule has 23 heavy (non-hydrogen) atoms. The molecule has 3 rings (SSSR count). The maximum Gasteiger partial charge on any atom is 0.226 e. The molecule has 1 amide bonds. The molecule has 0 radical (unpaired) electrons. The zero-order valence-corrected chi connectivity index (χ0v) is 14.3. The zero-order valence-electron chi connectivity index (χ0n) is 13.5. The quantitative estimate of drug-likeness (QED) is 0.901. The van der Waals surface area contributed by atoms with Crippen LogP contribution in [0.5, 0.6) is 0 Å². The minimum Gasteiger partial charge on any atom is -0.327 e. The Labute approximate surface area is 140 Å². The van der Waals surface area contributed by atoms with Crippen molar-refractivity contribution in [1.29, 1.82) is 0 Å². The predicted octanol–water partition coefficient (Wildman–Crippen LogP) is 3.28. The van der Waals surface area contributed by atoms with Crippen molar-refractivity contribution in [3.63, 3.8) is 0 Å². The van der Waals surface area contributed by atoms with Gasteiger partial charge in [0.2, 0.25) is 11.0 Å². The molecule has 2 atom stereocenters. The van der Waals surface area contributed by atoms with E-state index < -0.39 is 0 Å².